The zero-order valence-corrected chi connectivity index (χ0v) is 20.8. The third kappa shape index (κ3) is 4.31. The molecule has 190 valence electrons. The molecule has 9 heteroatoms. The number of nitrogens with zero attached hydrogens (tertiary/aromatic N) is 5. The van der Waals surface area contributed by atoms with Crippen LogP contribution in [0.4, 0.5) is 5.82 Å². The lowest BCUT2D eigenvalue weighted by Gasteiger charge is -2.38. The number of amidine groups is 1. The molecular weight excluding hydrogens is 476 g/mol. The molecule has 0 saturated carbocycles. The maximum absolute atomic E-state index is 5.60. The second-order valence-corrected chi connectivity index (χ2v) is 9.43. The van der Waals surface area contributed by atoms with Gasteiger partial charge in [0.25, 0.3) is 0 Å². The number of H-pyrrole nitrogens is 1. The number of hydrogen-bond donors (Lipinski definition) is 3. The highest BCUT2D eigenvalue weighted by molar-refractivity contribution is 6.03. The number of para-hydroxylation sites is 2. The van der Waals surface area contributed by atoms with Crippen LogP contribution in [-0.2, 0) is 11.3 Å². The molecule has 7 rings (SSSR count). The Kier molecular flexibility index (Phi) is 5.84. The molecule has 4 heterocycles. The first kappa shape index (κ1) is 22.7. The Balaban J connectivity index is 1.25. The molecule has 9 nitrogen and oxygen atoms in total. The van der Waals surface area contributed by atoms with Crippen molar-refractivity contribution in [1.82, 2.24) is 29.7 Å². The molecule has 1 saturated heterocycles. The molecule has 3 aromatic carbocycles. The van der Waals surface area contributed by atoms with Gasteiger partial charge in [-0.3, -0.25) is 14.5 Å². The van der Waals surface area contributed by atoms with Crippen LogP contribution in [0.25, 0.3) is 27.8 Å². The summed E-state index contributed by atoms with van der Waals surface area (Å²) in [5.74, 6) is 2.47. The van der Waals surface area contributed by atoms with Gasteiger partial charge in [-0.1, -0.05) is 54.6 Å². The molecule has 38 heavy (non-hydrogen) atoms. The van der Waals surface area contributed by atoms with Crippen molar-refractivity contribution in [3.8, 4) is 16.8 Å². The molecule has 0 amide bonds. The molecule has 0 radical (unpaired) electrons. The van der Waals surface area contributed by atoms with Gasteiger partial charge in [0.1, 0.15) is 23.7 Å². The quantitative estimate of drug-likeness (QED) is 0.335. The van der Waals surface area contributed by atoms with Gasteiger partial charge in [-0.2, -0.15) is 0 Å². The molecule has 3 N–H and O–H groups in total. The molecule has 5 aromatic rings. The van der Waals surface area contributed by atoms with Crippen LogP contribution >= 0.6 is 0 Å². The van der Waals surface area contributed by atoms with Crippen molar-refractivity contribution in [2.24, 2.45) is 4.99 Å². The highest BCUT2D eigenvalue weighted by atomic mass is 16.5. The number of rotatable bonds is 5. The number of benzene rings is 3. The Morgan fingerprint density at radius 2 is 1.71 bits per heavy atom. The van der Waals surface area contributed by atoms with E-state index in [1.165, 1.54) is 5.56 Å². The van der Waals surface area contributed by atoms with E-state index in [0.717, 1.165) is 58.5 Å². The number of anilines is 1. The van der Waals surface area contributed by atoms with Crippen molar-refractivity contribution in [2.45, 2.75) is 12.8 Å². The Hall–Kier alpha value is -4.47. The summed E-state index contributed by atoms with van der Waals surface area (Å²) in [5.41, 5.74) is 6.11. The van der Waals surface area contributed by atoms with E-state index in [1.807, 2.05) is 36.7 Å². The van der Waals surface area contributed by atoms with Crippen molar-refractivity contribution in [1.29, 1.82) is 0 Å². The molecule has 2 aromatic heterocycles. The van der Waals surface area contributed by atoms with Gasteiger partial charge in [-0.25, -0.2) is 9.97 Å². The van der Waals surface area contributed by atoms with Crippen LogP contribution in [0, 0.1) is 0 Å². The molecule has 1 unspecified atom stereocenters. The fourth-order valence-electron chi connectivity index (χ4n) is 5.06. The van der Waals surface area contributed by atoms with Crippen LogP contribution in [0.2, 0.25) is 0 Å². The molecular formula is C29H28N8O. The SMILES string of the molecule is c1ccc(-c2cccc(-n3cnc4c3NC(N3CCOCC3)NC4=NCc3nc4ccccc4[nH]3)c2)cc1. The Bertz CT molecular complexity index is 1570. The summed E-state index contributed by atoms with van der Waals surface area (Å²) >= 11 is 0. The number of nitrogens with one attached hydrogen (secondary N) is 3. The summed E-state index contributed by atoms with van der Waals surface area (Å²) in [4.78, 5) is 20.1. The van der Waals surface area contributed by atoms with Crippen LogP contribution in [0.5, 0.6) is 0 Å². The van der Waals surface area contributed by atoms with E-state index in [4.69, 9.17) is 19.7 Å². The van der Waals surface area contributed by atoms with E-state index in [2.05, 4.69) is 73.6 Å². The number of aromatic amines is 1. The Morgan fingerprint density at radius 1 is 0.895 bits per heavy atom. The summed E-state index contributed by atoms with van der Waals surface area (Å²) in [5, 5.41) is 7.26. The Labute approximate surface area is 220 Å². The molecule has 0 bridgehead atoms. The van der Waals surface area contributed by atoms with Gasteiger partial charge in [0.15, 0.2) is 12.1 Å². The van der Waals surface area contributed by atoms with Crippen molar-refractivity contribution in [2.75, 3.05) is 31.6 Å². The monoisotopic (exact) mass is 504 g/mol. The summed E-state index contributed by atoms with van der Waals surface area (Å²) in [6.07, 6.45) is 1.73. The number of hydrogen-bond acceptors (Lipinski definition) is 6. The minimum atomic E-state index is -0.131. The summed E-state index contributed by atoms with van der Waals surface area (Å²) < 4.78 is 7.70. The standard InChI is InChI=1S/C29H28N8O/c1-2-7-20(8-3-1)21-9-6-10-22(17-21)37-19-31-26-27(30-18-25-32-23-11-4-5-12-24(23)33-25)34-29(35-28(26)37)36-13-15-38-16-14-36/h1-12,17,19,29,35H,13-16,18H2,(H,30,34)(H,32,33). The lowest BCUT2D eigenvalue weighted by molar-refractivity contribution is 0.0188. The third-order valence-corrected chi connectivity index (χ3v) is 7.01. The van der Waals surface area contributed by atoms with E-state index < -0.39 is 0 Å². The fraction of sp³-hybridized carbons (Fsp3) is 0.207. The molecule has 1 fully saturated rings. The van der Waals surface area contributed by atoms with Gasteiger partial charge in [0, 0.05) is 18.8 Å². The molecule has 0 spiro atoms. The van der Waals surface area contributed by atoms with Crippen LogP contribution in [0.15, 0.2) is 90.2 Å². The second kappa shape index (κ2) is 9.77. The average Bonchev–Trinajstić information content (AvgIpc) is 3.61. The molecule has 2 aliphatic rings. The molecule has 2 aliphatic heterocycles. The zero-order valence-electron chi connectivity index (χ0n) is 20.8. The number of imidazole rings is 2. The van der Waals surface area contributed by atoms with Crippen molar-refractivity contribution in [3.63, 3.8) is 0 Å². The van der Waals surface area contributed by atoms with Crippen LogP contribution < -0.4 is 10.6 Å². The lowest BCUT2D eigenvalue weighted by Crippen LogP contribution is -2.58. The Morgan fingerprint density at radius 3 is 2.58 bits per heavy atom. The predicted octanol–water partition coefficient (Wildman–Crippen LogP) is 3.99. The highest BCUT2D eigenvalue weighted by Crippen LogP contribution is 2.28. The summed E-state index contributed by atoms with van der Waals surface area (Å²) in [7, 11) is 0. The normalized spacial score (nSPS) is 18.7. The van der Waals surface area contributed by atoms with Crippen LogP contribution in [-0.4, -0.2) is 62.8 Å². The van der Waals surface area contributed by atoms with Crippen molar-refractivity contribution >= 4 is 22.7 Å². The van der Waals surface area contributed by atoms with E-state index in [0.29, 0.717) is 19.8 Å². The smallest absolute Gasteiger partial charge is 0.158 e. The predicted molar refractivity (Wildman–Crippen MR) is 148 cm³/mol. The minimum absolute atomic E-state index is 0.131. The highest BCUT2D eigenvalue weighted by Gasteiger charge is 2.31. The third-order valence-electron chi connectivity index (χ3n) is 7.01. The maximum Gasteiger partial charge on any atom is 0.158 e. The van der Waals surface area contributed by atoms with E-state index in [1.54, 1.807) is 0 Å². The molecule has 0 aliphatic carbocycles. The first-order chi connectivity index (χ1) is 18.8. The number of morpholine rings is 1. The first-order valence-electron chi connectivity index (χ1n) is 12.9. The first-order valence-corrected chi connectivity index (χ1v) is 12.9. The molecule has 1 atom stereocenters. The van der Waals surface area contributed by atoms with E-state index in [-0.39, 0.29) is 6.29 Å². The largest absolute Gasteiger partial charge is 0.379 e. The van der Waals surface area contributed by atoms with Gasteiger partial charge >= 0.3 is 0 Å². The number of aliphatic imine (C=N–C) groups is 1. The van der Waals surface area contributed by atoms with Gasteiger partial charge in [0.2, 0.25) is 0 Å². The number of ether oxygens (including phenoxy) is 1. The van der Waals surface area contributed by atoms with Crippen LogP contribution in [0.1, 0.15) is 11.5 Å². The van der Waals surface area contributed by atoms with Gasteiger partial charge in [0.05, 0.1) is 30.8 Å². The van der Waals surface area contributed by atoms with E-state index in [9.17, 15) is 0 Å². The van der Waals surface area contributed by atoms with E-state index >= 15 is 0 Å². The zero-order chi connectivity index (χ0) is 25.3. The summed E-state index contributed by atoms with van der Waals surface area (Å²) in [6, 6.07) is 27.0. The number of aromatic nitrogens is 4. The maximum atomic E-state index is 5.60. The van der Waals surface area contributed by atoms with Gasteiger partial charge in [-0.05, 0) is 35.4 Å². The number of fused-ring (bicyclic) bond motifs is 2. The second-order valence-electron chi connectivity index (χ2n) is 9.43. The average molecular weight is 505 g/mol. The van der Waals surface area contributed by atoms with Crippen molar-refractivity contribution in [3.05, 3.63) is 96.7 Å². The fourth-order valence-corrected chi connectivity index (χ4v) is 5.06. The van der Waals surface area contributed by atoms with Gasteiger partial charge in [-0.15, -0.1) is 0 Å². The summed E-state index contributed by atoms with van der Waals surface area (Å²) in [6.45, 7) is 3.48. The van der Waals surface area contributed by atoms with Crippen molar-refractivity contribution < 1.29 is 4.74 Å². The van der Waals surface area contributed by atoms with Crippen LogP contribution in [0.3, 0.4) is 0 Å². The van der Waals surface area contributed by atoms with Gasteiger partial charge < -0.3 is 20.4 Å². The lowest BCUT2D eigenvalue weighted by atomic mass is 10.1. The topological polar surface area (TPSA) is 95.4 Å². The minimum Gasteiger partial charge on any atom is -0.379 e.